The Kier molecular flexibility index (Phi) is 3.30. The molecule has 1 saturated heterocycles. The molecule has 0 saturated carbocycles. The van der Waals surface area contributed by atoms with Gasteiger partial charge in [0.05, 0.1) is 6.17 Å². The minimum atomic E-state index is 0.495. The van der Waals surface area contributed by atoms with Crippen LogP contribution in [0.25, 0.3) is 0 Å². The van der Waals surface area contributed by atoms with Crippen molar-refractivity contribution in [3.63, 3.8) is 0 Å². The van der Waals surface area contributed by atoms with Crippen LogP contribution in [0.2, 0.25) is 0 Å². The first kappa shape index (κ1) is 8.97. The Balaban J connectivity index is 2.33. The minimum absolute atomic E-state index is 0.495. The molecule has 1 fully saturated rings. The van der Waals surface area contributed by atoms with E-state index in [-0.39, 0.29) is 0 Å². The molecule has 0 amide bonds. The molecular weight excluding hydrogens is 138 g/mol. The van der Waals surface area contributed by atoms with E-state index in [1.165, 1.54) is 19.3 Å². The quantitative estimate of drug-likeness (QED) is 0.610. The number of rotatable bonds is 3. The van der Waals surface area contributed by atoms with Crippen molar-refractivity contribution in [1.82, 2.24) is 9.91 Å². The molecular formula is C8H19N3. The summed E-state index contributed by atoms with van der Waals surface area (Å²) in [7, 11) is 2.15. The Morgan fingerprint density at radius 3 is 2.82 bits per heavy atom. The highest BCUT2D eigenvalue weighted by Gasteiger charge is 2.24. The Bertz CT molecular complexity index is 116. The summed E-state index contributed by atoms with van der Waals surface area (Å²) in [4.78, 5) is 2.34. The molecule has 1 heterocycles. The normalized spacial score (nSPS) is 26.7. The number of nitrogens with zero attached hydrogens (tertiary/aromatic N) is 2. The zero-order valence-corrected chi connectivity index (χ0v) is 7.58. The van der Waals surface area contributed by atoms with Gasteiger partial charge in [0.2, 0.25) is 0 Å². The summed E-state index contributed by atoms with van der Waals surface area (Å²) in [6.45, 7) is 4.41. The number of hydrogen-bond donors (Lipinski definition) is 1. The maximum absolute atomic E-state index is 5.80. The molecule has 3 heteroatoms. The molecule has 1 atom stereocenters. The largest absolute Gasteiger partial charge is 0.290 e. The molecule has 1 aliphatic rings. The predicted octanol–water partition coefficient (Wildman–Crippen LogP) is 0.624. The fourth-order valence-corrected chi connectivity index (χ4v) is 1.75. The lowest BCUT2D eigenvalue weighted by Crippen LogP contribution is -2.46. The first-order valence-electron chi connectivity index (χ1n) is 4.47. The van der Waals surface area contributed by atoms with Crippen LogP contribution in [0.1, 0.15) is 26.2 Å². The van der Waals surface area contributed by atoms with Crippen molar-refractivity contribution in [2.24, 2.45) is 5.84 Å². The average Bonchev–Trinajstić information content (AvgIpc) is 2.36. The Hall–Kier alpha value is -0.120. The lowest BCUT2D eigenvalue weighted by atomic mass is 10.3. The van der Waals surface area contributed by atoms with Crippen molar-refractivity contribution in [2.45, 2.75) is 32.4 Å². The van der Waals surface area contributed by atoms with E-state index in [9.17, 15) is 0 Å². The van der Waals surface area contributed by atoms with Gasteiger partial charge in [-0.05, 0) is 32.9 Å². The first-order chi connectivity index (χ1) is 5.25. The molecule has 0 spiro atoms. The van der Waals surface area contributed by atoms with Crippen LogP contribution >= 0.6 is 0 Å². The smallest absolute Gasteiger partial charge is 0.0753 e. The standard InChI is InChI=1S/C8H19N3/c1-3-6-10(2)8-5-4-7-11(8)9/h8H,3-7,9H2,1-2H3. The van der Waals surface area contributed by atoms with Crippen LogP contribution in [0.15, 0.2) is 0 Å². The van der Waals surface area contributed by atoms with Crippen molar-refractivity contribution >= 4 is 0 Å². The molecule has 0 aromatic carbocycles. The van der Waals surface area contributed by atoms with E-state index in [4.69, 9.17) is 5.84 Å². The van der Waals surface area contributed by atoms with E-state index >= 15 is 0 Å². The molecule has 1 rings (SSSR count). The van der Waals surface area contributed by atoms with Crippen LogP contribution in [0.5, 0.6) is 0 Å². The van der Waals surface area contributed by atoms with E-state index in [1.807, 2.05) is 5.01 Å². The highest BCUT2D eigenvalue weighted by atomic mass is 15.5. The molecule has 2 N–H and O–H groups in total. The molecule has 11 heavy (non-hydrogen) atoms. The third kappa shape index (κ3) is 2.15. The maximum atomic E-state index is 5.80. The molecule has 1 aliphatic heterocycles. The predicted molar refractivity (Wildman–Crippen MR) is 46.8 cm³/mol. The lowest BCUT2D eigenvalue weighted by Gasteiger charge is -2.28. The fourth-order valence-electron chi connectivity index (χ4n) is 1.75. The van der Waals surface area contributed by atoms with Gasteiger partial charge in [0.15, 0.2) is 0 Å². The summed E-state index contributed by atoms with van der Waals surface area (Å²) >= 11 is 0. The molecule has 0 aliphatic carbocycles. The second kappa shape index (κ2) is 4.04. The van der Waals surface area contributed by atoms with Crippen LogP contribution in [0, 0.1) is 0 Å². The summed E-state index contributed by atoms with van der Waals surface area (Å²) in [5, 5.41) is 1.95. The van der Waals surface area contributed by atoms with Crippen LogP contribution in [0.4, 0.5) is 0 Å². The Labute approximate surface area is 69.1 Å². The van der Waals surface area contributed by atoms with Crippen molar-refractivity contribution in [2.75, 3.05) is 20.1 Å². The van der Waals surface area contributed by atoms with Gasteiger partial charge in [-0.1, -0.05) is 6.92 Å². The zero-order chi connectivity index (χ0) is 8.27. The molecule has 3 nitrogen and oxygen atoms in total. The van der Waals surface area contributed by atoms with Crippen molar-refractivity contribution in [1.29, 1.82) is 0 Å². The summed E-state index contributed by atoms with van der Waals surface area (Å²) in [6.07, 6.45) is 4.18. The van der Waals surface area contributed by atoms with E-state index in [0.29, 0.717) is 6.17 Å². The molecule has 1 unspecified atom stereocenters. The summed E-state index contributed by atoms with van der Waals surface area (Å²) in [5.74, 6) is 5.80. The molecule has 0 aromatic rings. The van der Waals surface area contributed by atoms with Crippen molar-refractivity contribution < 1.29 is 0 Å². The highest BCUT2D eigenvalue weighted by Crippen LogP contribution is 2.15. The molecule has 66 valence electrons. The second-order valence-electron chi connectivity index (χ2n) is 3.34. The van der Waals surface area contributed by atoms with Crippen LogP contribution < -0.4 is 5.84 Å². The van der Waals surface area contributed by atoms with Crippen LogP contribution in [0.3, 0.4) is 0 Å². The number of nitrogens with two attached hydrogens (primary N) is 1. The number of hydrazine groups is 1. The van der Waals surface area contributed by atoms with Gasteiger partial charge in [-0.3, -0.25) is 10.7 Å². The van der Waals surface area contributed by atoms with Gasteiger partial charge in [-0.25, -0.2) is 5.01 Å². The summed E-state index contributed by atoms with van der Waals surface area (Å²) in [6, 6.07) is 0. The third-order valence-electron chi connectivity index (χ3n) is 2.35. The van der Waals surface area contributed by atoms with Crippen molar-refractivity contribution in [3.8, 4) is 0 Å². The van der Waals surface area contributed by atoms with Gasteiger partial charge in [-0.15, -0.1) is 0 Å². The SMILES string of the molecule is CCCN(C)C1CCCN1N. The van der Waals surface area contributed by atoms with E-state index in [2.05, 4.69) is 18.9 Å². The maximum Gasteiger partial charge on any atom is 0.0753 e. The van der Waals surface area contributed by atoms with Crippen molar-refractivity contribution in [3.05, 3.63) is 0 Å². The first-order valence-corrected chi connectivity index (χ1v) is 4.47. The van der Waals surface area contributed by atoms with E-state index in [0.717, 1.165) is 13.1 Å². The minimum Gasteiger partial charge on any atom is -0.290 e. The third-order valence-corrected chi connectivity index (χ3v) is 2.35. The van der Waals surface area contributed by atoms with Gasteiger partial charge in [0, 0.05) is 6.54 Å². The highest BCUT2D eigenvalue weighted by molar-refractivity contribution is 4.73. The van der Waals surface area contributed by atoms with Gasteiger partial charge < -0.3 is 0 Å². The second-order valence-corrected chi connectivity index (χ2v) is 3.34. The topological polar surface area (TPSA) is 32.5 Å². The monoisotopic (exact) mass is 157 g/mol. The Morgan fingerprint density at radius 2 is 2.36 bits per heavy atom. The summed E-state index contributed by atoms with van der Waals surface area (Å²) < 4.78 is 0. The fraction of sp³-hybridized carbons (Fsp3) is 1.00. The number of hydrogen-bond acceptors (Lipinski definition) is 3. The van der Waals surface area contributed by atoms with Crippen LogP contribution in [-0.2, 0) is 0 Å². The Morgan fingerprint density at radius 1 is 1.64 bits per heavy atom. The van der Waals surface area contributed by atoms with E-state index in [1.54, 1.807) is 0 Å². The van der Waals surface area contributed by atoms with Gasteiger partial charge in [-0.2, -0.15) is 0 Å². The molecule has 0 bridgehead atoms. The van der Waals surface area contributed by atoms with E-state index < -0.39 is 0 Å². The lowest BCUT2D eigenvalue weighted by molar-refractivity contribution is 0.0986. The van der Waals surface area contributed by atoms with Gasteiger partial charge in [0.1, 0.15) is 0 Å². The summed E-state index contributed by atoms with van der Waals surface area (Å²) in [5.41, 5.74) is 0. The molecule has 0 aromatic heterocycles. The van der Waals surface area contributed by atoms with Gasteiger partial charge in [0.25, 0.3) is 0 Å². The average molecular weight is 157 g/mol. The van der Waals surface area contributed by atoms with Crippen LogP contribution in [-0.4, -0.2) is 36.2 Å². The van der Waals surface area contributed by atoms with Gasteiger partial charge >= 0.3 is 0 Å². The molecule has 0 radical (unpaired) electrons. The zero-order valence-electron chi connectivity index (χ0n) is 7.58.